The first-order valence-corrected chi connectivity index (χ1v) is 9.85. The Morgan fingerprint density at radius 2 is 2.14 bits per heavy atom. The Morgan fingerprint density at radius 1 is 1.34 bits per heavy atom. The number of nitrogens with one attached hydrogen (secondary N) is 1. The zero-order valence-corrected chi connectivity index (χ0v) is 16.4. The number of nitrogens with two attached hydrogens (primary N) is 1. The second-order valence-electron chi connectivity index (χ2n) is 7.74. The molecule has 0 radical (unpaired) electrons. The molecule has 0 unspecified atom stereocenters. The fourth-order valence-corrected chi connectivity index (χ4v) is 3.94. The molecule has 5 rings (SSSR count). The van der Waals surface area contributed by atoms with Gasteiger partial charge in [-0.1, -0.05) is 0 Å². The van der Waals surface area contributed by atoms with Crippen LogP contribution < -0.4 is 11.1 Å². The first-order chi connectivity index (χ1) is 14.0. The van der Waals surface area contributed by atoms with Crippen LogP contribution in [0.2, 0.25) is 0 Å². The second-order valence-corrected chi connectivity index (χ2v) is 7.74. The maximum absolute atomic E-state index is 12.6. The predicted molar refractivity (Wildman–Crippen MR) is 108 cm³/mol. The van der Waals surface area contributed by atoms with Crippen molar-refractivity contribution in [2.75, 3.05) is 12.3 Å². The number of benzene rings is 1. The first-order valence-electron chi connectivity index (χ1n) is 9.85. The number of hydrogen-bond acceptors (Lipinski definition) is 5. The third-order valence-corrected chi connectivity index (χ3v) is 5.61. The van der Waals surface area contributed by atoms with Gasteiger partial charge < -0.3 is 16.0 Å². The fraction of sp³-hybridized carbons (Fsp3) is 0.333. The van der Waals surface area contributed by atoms with Gasteiger partial charge >= 0.3 is 0 Å². The van der Waals surface area contributed by atoms with Gasteiger partial charge in [0, 0.05) is 36.5 Å². The van der Waals surface area contributed by atoms with Crippen LogP contribution in [0.1, 0.15) is 51.6 Å². The van der Waals surface area contributed by atoms with E-state index < -0.39 is 0 Å². The van der Waals surface area contributed by atoms with Crippen molar-refractivity contribution in [3.05, 3.63) is 46.6 Å². The molecule has 8 nitrogen and oxygen atoms in total. The lowest BCUT2D eigenvalue weighted by Gasteiger charge is -2.11. The van der Waals surface area contributed by atoms with E-state index in [9.17, 15) is 9.59 Å². The molecule has 148 valence electrons. The standard InChI is InChI=1S/C21H22N6O2/c1-3-26-10-13-9-12(8-11(2)16(13)21(26)29)15-6-7-27-19(24-15)17(18(22)25-27)20(28)23-14-4-5-14/h6-9,14H,3-5,10H2,1-2H3,(H2,22,25)(H,23,28). The number of rotatable bonds is 4. The molecule has 0 spiro atoms. The largest absolute Gasteiger partial charge is 0.381 e. The van der Waals surface area contributed by atoms with E-state index in [-0.39, 0.29) is 23.7 Å². The summed E-state index contributed by atoms with van der Waals surface area (Å²) in [5.41, 5.74) is 11.1. The number of carbonyl (C=O) groups is 2. The van der Waals surface area contributed by atoms with Crippen LogP contribution in [0.3, 0.4) is 0 Å². The van der Waals surface area contributed by atoms with Gasteiger partial charge in [0.15, 0.2) is 11.5 Å². The van der Waals surface area contributed by atoms with Gasteiger partial charge in [0.05, 0.1) is 5.69 Å². The number of aromatic nitrogens is 3. The number of amides is 2. The second kappa shape index (κ2) is 6.30. The lowest BCUT2D eigenvalue weighted by Crippen LogP contribution is -2.26. The van der Waals surface area contributed by atoms with Gasteiger partial charge in [-0.3, -0.25) is 9.59 Å². The lowest BCUT2D eigenvalue weighted by molar-refractivity contribution is 0.0786. The number of nitrogens with zero attached hydrogens (tertiary/aromatic N) is 4. The zero-order valence-electron chi connectivity index (χ0n) is 16.4. The molecule has 1 fully saturated rings. The van der Waals surface area contributed by atoms with Gasteiger partial charge in [0.25, 0.3) is 11.8 Å². The predicted octanol–water partition coefficient (Wildman–Crippen LogP) is 2.15. The molecule has 1 aliphatic heterocycles. The van der Waals surface area contributed by atoms with Crippen LogP contribution in [0.25, 0.3) is 16.9 Å². The SMILES string of the molecule is CCN1Cc2cc(-c3ccn4nc(N)c(C(=O)NC5CC5)c4n3)cc(C)c2C1=O. The van der Waals surface area contributed by atoms with Crippen LogP contribution in [0, 0.1) is 6.92 Å². The molecule has 1 saturated carbocycles. The van der Waals surface area contributed by atoms with Crippen molar-refractivity contribution in [3.8, 4) is 11.3 Å². The molecular formula is C21H22N6O2. The van der Waals surface area contributed by atoms with E-state index in [0.29, 0.717) is 30.0 Å². The summed E-state index contributed by atoms with van der Waals surface area (Å²) in [7, 11) is 0. The van der Waals surface area contributed by atoms with E-state index in [0.717, 1.165) is 35.1 Å². The monoisotopic (exact) mass is 390 g/mol. The summed E-state index contributed by atoms with van der Waals surface area (Å²) in [6, 6.07) is 6.05. The molecule has 1 aromatic carbocycles. The third-order valence-electron chi connectivity index (χ3n) is 5.61. The van der Waals surface area contributed by atoms with Crippen LogP contribution in [-0.2, 0) is 6.54 Å². The lowest BCUT2D eigenvalue weighted by atomic mass is 9.98. The fourth-order valence-electron chi connectivity index (χ4n) is 3.94. The highest BCUT2D eigenvalue weighted by Crippen LogP contribution is 2.31. The quantitative estimate of drug-likeness (QED) is 0.710. The number of aryl methyl sites for hydroxylation is 1. The molecule has 3 N–H and O–H groups in total. The van der Waals surface area contributed by atoms with Crippen molar-refractivity contribution in [3.63, 3.8) is 0 Å². The number of nitrogen functional groups attached to an aromatic ring is 1. The Kier molecular flexibility index (Phi) is 3.84. The van der Waals surface area contributed by atoms with Gasteiger partial charge in [0.1, 0.15) is 5.56 Å². The normalized spacial score (nSPS) is 15.8. The van der Waals surface area contributed by atoms with Gasteiger partial charge in [-0.05, 0) is 56.0 Å². The molecular weight excluding hydrogens is 368 g/mol. The minimum Gasteiger partial charge on any atom is -0.381 e. The Balaban J connectivity index is 1.59. The highest BCUT2D eigenvalue weighted by Gasteiger charge is 2.29. The molecule has 0 atom stereocenters. The third kappa shape index (κ3) is 2.83. The molecule has 2 amide bonds. The van der Waals surface area contributed by atoms with Crippen molar-refractivity contribution in [1.82, 2.24) is 24.8 Å². The van der Waals surface area contributed by atoms with Gasteiger partial charge in [-0.25, -0.2) is 9.50 Å². The number of fused-ring (bicyclic) bond motifs is 2. The van der Waals surface area contributed by atoms with Gasteiger partial charge in [0.2, 0.25) is 0 Å². The molecule has 3 heterocycles. The summed E-state index contributed by atoms with van der Waals surface area (Å²) in [6.45, 7) is 5.22. The van der Waals surface area contributed by atoms with E-state index >= 15 is 0 Å². The molecule has 2 aliphatic rings. The highest BCUT2D eigenvalue weighted by molar-refractivity contribution is 6.04. The van der Waals surface area contributed by atoms with E-state index in [4.69, 9.17) is 10.7 Å². The average Bonchev–Trinajstić information content (AvgIpc) is 3.34. The number of anilines is 1. The Hall–Kier alpha value is -3.42. The van der Waals surface area contributed by atoms with Crippen molar-refractivity contribution >= 4 is 23.3 Å². The van der Waals surface area contributed by atoms with Crippen molar-refractivity contribution in [1.29, 1.82) is 0 Å². The van der Waals surface area contributed by atoms with Gasteiger partial charge in [-0.2, -0.15) is 0 Å². The summed E-state index contributed by atoms with van der Waals surface area (Å²) >= 11 is 0. The summed E-state index contributed by atoms with van der Waals surface area (Å²) in [5, 5.41) is 7.18. The molecule has 0 saturated heterocycles. The molecule has 0 bridgehead atoms. The maximum Gasteiger partial charge on any atom is 0.259 e. The van der Waals surface area contributed by atoms with Crippen molar-refractivity contribution < 1.29 is 9.59 Å². The minimum absolute atomic E-state index is 0.0811. The highest BCUT2D eigenvalue weighted by atomic mass is 16.2. The van der Waals surface area contributed by atoms with Gasteiger partial charge in [-0.15, -0.1) is 5.10 Å². The molecule has 1 aliphatic carbocycles. The summed E-state index contributed by atoms with van der Waals surface area (Å²) in [5.74, 6) is 0.0126. The molecule has 3 aromatic rings. The topological polar surface area (TPSA) is 106 Å². The Labute approximate surface area is 167 Å². The van der Waals surface area contributed by atoms with Crippen LogP contribution in [-0.4, -0.2) is 43.9 Å². The van der Waals surface area contributed by atoms with Crippen molar-refractivity contribution in [2.45, 2.75) is 39.3 Å². The molecule has 29 heavy (non-hydrogen) atoms. The van der Waals surface area contributed by atoms with Crippen LogP contribution in [0.4, 0.5) is 5.82 Å². The summed E-state index contributed by atoms with van der Waals surface area (Å²) in [6.07, 6.45) is 3.74. The van der Waals surface area contributed by atoms with Crippen LogP contribution in [0.15, 0.2) is 24.4 Å². The minimum atomic E-state index is -0.237. The van der Waals surface area contributed by atoms with E-state index in [1.54, 1.807) is 6.20 Å². The smallest absolute Gasteiger partial charge is 0.259 e. The Bertz CT molecular complexity index is 1180. The maximum atomic E-state index is 12.6. The van der Waals surface area contributed by atoms with E-state index in [1.165, 1.54) is 4.52 Å². The number of hydrogen-bond donors (Lipinski definition) is 2. The summed E-state index contributed by atoms with van der Waals surface area (Å²) < 4.78 is 1.53. The van der Waals surface area contributed by atoms with Crippen LogP contribution >= 0.6 is 0 Å². The molecule has 2 aromatic heterocycles. The summed E-state index contributed by atoms with van der Waals surface area (Å²) in [4.78, 5) is 31.7. The van der Waals surface area contributed by atoms with E-state index in [2.05, 4.69) is 10.4 Å². The Morgan fingerprint density at radius 3 is 2.86 bits per heavy atom. The van der Waals surface area contributed by atoms with Crippen molar-refractivity contribution in [2.24, 2.45) is 0 Å². The number of carbonyl (C=O) groups excluding carboxylic acids is 2. The first kappa shape index (κ1) is 17.7. The molecule has 8 heteroatoms. The van der Waals surface area contributed by atoms with Crippen LogP contribution in [0.5, 0.6) is 0 Å². The van der Waals surface area contributed by atoms with E-state index in [1.807, 2.05) is 36.9 Å². The zero-order chi connectivity index (χ0) is 20.3. The average molecular weight is 390 g/mol.